The van der Waals surface area contributed by atoms with Crippen molar-refractivity contribution in [2.45, 2.75) is 51.2 Å². The first-order valence-electron chi connectivity index (χ1n) is 12.9. The molecule has 4 atom stereocenters. The number of carbonyl (C=O) groups excluding carboxylic acids is 1. The van der Waals surface area contributed by atoms with Crippen LogP contribution in [0.2, 0.25) is 0 Å². The summed E-state index contributed by atoms with van der Waals surface area (Å²) in [6, 6.07) is 33.6. The van der Waals surface area contributed by atoms with Gasteiger partial charge in [0.2, 0.25) is 0 Å². The van der Waals surface area contributed by atoms with Gasteiger partial charge in [-0.2, -0.15) is 0 Å². The summed E-state index contributed by atoms with van der Waals surface area (Å²) in [5, 5.41) is 28.3. The molecule has 0 amide bonds. The van der Waals surface area contributed by atoms with Crippen molar-refractivity contribution in [2.75, 3.05) is 0 Å². The van der Waals surface area contributed by atoms with Gasteiger partial charge in [-0.15, -0.1) is 0 Å². The van der Waals surface area contributed by atoms with Crippen molar-refractivity contribution in [1.82, 2.24) is 10.6 Å². The highest BCUT2D eigenvalue weighted by atomic mass is 16.3. The van der Waals surface area contributed by atoms with Crippen molar-refractivity contribution in [1.29, 1.82) is 0 Å². The molecule has 4 unspecified atom stereocenters. The average Bonchev–Trinajstić information content (AvgIpc) is 2.93. The molecule has 5 heteroatoms. The largest absolute Gasteiger partial charge is 0.372 e. The molecule has 5 nitrogen and oxygen atoms in total. The predicted octanol–water partition coefficient (Wildman–Crippen LogP) is 5.95. The summed E-state index contributed by atoms with van der Waals surface area (Å²) < 4.78 is 0. The van der Waals surface area contributed by atoms with Crippen LogP contribution in [0.3, 0.4) is 0 Å². The Morgan fingerprint density at radius 3 is 1.21 bits per heavy atom. The number of ketones is 1. The topological polar surface area (TPSA) is 81.6 Å². The van der Waals surface area contributed by atoms with Crippen LogP contribution in [-0.2, 0) is 11.4 Å². The predicted molar refractivity (Wildman–Crippen MR) is 151 cm³/mol. The molecule has 196 valence electrons. The molecular weight excluding hydrogens is 472 g/mol. The summed E-state index contributed by atoms with van der Waals surface area (Å²) in [6.07, 6.45) is 0. The minimum atomic E-state index is -1.18. The molecule has 0 saturated carbocycles. The molecule has 0 bridgehead atoms. The minimum absolute atomic E-state index is 0.0584. The van der Waals surface area contributed by atoms with Crippen LogP contribution < -0.4 is 10.6 Å². The lowest BCUT2D eigenvalue weighted by molar-refractivity contribution is 0.00882. The van der Waals surface area contributed by atoms with Crippen LogP contribution >= 0.6 is 0 Å². The van der Waals surface area contributed by atoms with Gasteiger partial charge in [-0.25, -0.2) is 0 Å². The van der Waals surface area contributed by atoms with Gasteiger partial charge in [-0.3, -0.25) is 15.4 Å². The number of rotatable bonds is 10. The molecule has 0 aromatic heterocycles. The lowest BCUT2D eigenvalue weighted by Crippen LogP contribution is -2.40. The first-order valence-corrected chi connectivity index (χ1v) is 12.9. The van der Waals surface area contributed by atoms with E-state index in [0.717, 1.165) is 22.3 Å². The summed E-state index contributed by atoms with van der Waals surface area (Å²) >= 11 is 0. The maximum atomic E-state index is 13.1. The van der Waals surface area contributed by atoms with Gasteiger partial charge < -0.3 is 10.2 Å². The van der Waals surface area contributed by atoms with Gasteiger partial charge in [0.15, 0.2) is 5.78 Å². The Morgan fingerprint density at radius 2 is 0.895 bits per heavy atom. The van der Waals surface area contributed by atoms with E-state index in [-0.39, 0.29) is 17.9 Å². The third-order valence-corrected chi connectivity index (χ3v) is 7.01. The third-order valence-electron chi connectivity index (χ3n) is 7.01. The smallest absolute Gasteiger partial charge is 0.193 e. The molecule has 0 radical (unpaired) electrons. The molecule has 0 aliphatic heterocycles. The zero-order valence-corrected chi connectivity index (χ0v) is 22.3. The van der Waals surface area contributed by atoms with Crippen molar-refractivity contribution in [3.63, 3.8) is 0 Å². The molecule has 0 aliphatic carbocycles. The maximum absolute atomic E-state index is 13.1. The van der Waals surface area contributed by atoms with E-state index in [1.54, 1.807) is 13.8 Å². The average molecular weight is 509 g/mol. The highest BCUT2D eigenvalue weighted by Crippen LogP contribution is 2.25. The van der Waals surface area contributed by atoms with Crippen LogP contribution in [0, 0.1) is 0 Å². The Kier molecular flexibility index (Phi) is 8.24. The molecule has 0 fully saturated rings. The minimum Gasteiger partial charge on any atom is -0.372 e. The van der Waals surface area contributed by atoms with Gasteiger partial charge in [0.25, 0.3) is 0 Å². The summed E-state index contributed by atoms with van der Waals surface area (Å²) in [4.78, 5) is 13.1. The Morgan fingerprint density at radius 1 is 0.579 bits per heavy atom. The molecule has 0 saturated heterocycles. The van der Waals surface area contributed by atoms with Crippen LogP contribution in [-0.4, -0.2) is 16.0 Å². The van der Waals surface area contributed by atoms with Gasteiger partial charge in [-0.05, 0) is 49.9 Å². The molecule has 4 N–H and O–H groups in total. The summed E-state index contributed by atoms with van der Waals surface area (Å²) in [6.45, 7) is 7.44. The number of hydrogen-bond donors (Lipinski definition) is 4. The Labute approximate surface area is 225 Å². The Hall–Kier alpha value is -3.61. The summed E-state index contributed by atoms with van der Waals surface area (Å²) in [5.41, 5.74) is 2.35. The van der Waals surface area contributed by atoms with E-state index in [1.807, 2.05) is 123 Å². The second-order valence-corrected chi connectivity index (χ2v) is 10.2. The molecule has 38 heavy (non-hydrogen) atoms. The van der Waals surface area contributed by atoms with E-state index in [0.29, 0.717) is 11.1 Å². The molecule has 0 heterocycles. The van der Waals surface area contributed by atoms with E-state index in [2.05, 4.69) is 10.6 Å². The van der Waals surface area contributed by atoms with Crippen molar-refractivity contribution < 1.29 is 15.0 Å². The summed E-state index contributed by atoms with van der Waals surface area (Å²) in [5.74, 6) is -0.0584. The second kappa shape index (κ2) is 11.4. The fourth-order valence-electron chi connectivity index (χ4n) is 4.71. The van der Waals surface area contributed by atoms with Gasteiger partial charge in [-0.1, -0.05) is 109 Å². The Balaban J connectivity index is 1.40. The highest BCUT2D eigenvalue weighted by Gasteiger charge is 2.26. The molecular formula is C33H36N2O3. The molecule has 0 spiro atoms. The van der Waals surface area contributed by atoms with Gasteiger partial charge in [0, 0.05) is 23.2 Å². The van der Waals surface area contributed by atoms with Crippen molar-refractivity contribution in [3.8, 4) is 0 Å². The standard InChI is InChI=1S/C33H36N2O3/c1-23(34-32(3,37)29-11-7-5-8-12-29)25-15-19-27(20-16-25)31(36)28-21-17-26(18-22-28)24(2)35-33(4,38)30-13-9-6-10-14-30/h5-24,34-35,37-38H,1-4H3. The normalized spacial score (nSPS) is 16.2. The number of carbonyl (C=O) groups is 1. The SMILES string of the molecule is CC(NC(C)(O)c1ccccc1)c1ccc(C(=O)c2ccc(C(C)NC(C)(O)c3ccccc3)cc2)cc1. The van der Waals surface area contributed by atoms with E-state index >= 15 is 0 Å². The summed E-state index contributed by atoms with van der Waals surface area (Å²) in [7, 11) is 0. The first-order chi connectivity index (χ1) is 18.1. The number of benzene rings is 4. The van der Waals surface area contributed by atoms with Crippen LogP contribution in [0.15, 0.2) is 109 Å². The fraction of sp³-hybridized carbons (Fsp3) is 0.242. The number of aliphatic hydroxyl groups is 2. The lowest BCUT2D eigenvalue weighted by Gasteiger charge is -2.29. The first kappa shape index (κ1) is 27.4. The van der Waals surface area contributed by atoms with Crippen molar-refractivity contribution in [3.05, 3.63) is 143 Å². The fourth-order valence-corrected chi connectivity index (χ4v) is 4.71. The number of nitrogens with one attached hydrogen (secondary N) is 2. The van der Waals surface area contributed by atoms with Crippen LogP contribution in [0.1, 0.15) is 78.0 Å². The highest BCUT2D eigenvalue weighted by molar-refractivity contribution is 6.09. The van der Waals surface area contributed by atoms with E-state index < -0.39 is 11.4 Å². The van der Waals surface area contributed by atoms with E-state index in [1.165, 1.54) is 0 Å². The molecule has 4 aromatic carbocycles. The second-order valence-electron chi connectivity index (χ2n) is 10.2. The van der Waals surface area contributed by atoms with Crippen LogP contribution in [0.5, 0.6) is 0 Å². The van der Waals surface area contributed by atoms with Crippen LogP contribution in [0.4, 0.5) is 0 Å². The van der Waals surface area contributed by atoms with Gasteiger partial charge >= 0.3 is 0 Å². The van der Waals surface area contributed by atoms with Gasteiger partial charge in [0.1, 0.15) is 11.4 Å². The van der Waals surface area contributed by atoms with Crippen molar-refractivity contribution in [2.24, 2.45) is 0 Å². The zero-order chi connectivity index (χ0) is 27.3. The zero-order valence-electron chi connectivity index (χ0n) is 22.3. The Bertz CT molecular complexity index is 1230. The molecule has 0 aliphatic rings. The number of hydrogen-bond acceptors (Lipinski definition) is 5. The lowest BCUT2D eigenvalue weighted by atomic mass is 9.97. The third kappa shape index (κ3) is 6.44. The maximum Gasteiger partial charge on any atom is 0.193 e. The molecule has 4 aromatic rings. The molecule has 4 rings (SSSR count). The monoisotopic (exact) mass is 508 g/mol. The van der Waals surface area contributed by atoms with Gasteiger partial charge in [0.05, 0.1) is 0 Å². The van der Waals surface area contributed by atoms with E-state index in [9.17, 15) is 15.0 Å². The van der Waals surface area contributed by atoms with Crippen molar-refractivity contribution >= 4 is 5.78 Å². The van der Waals surface area contributed by atoms with Crippen LogP contribution in [0.25, 0.3) is 0 Å². The van der Waals surface area contributed by atoms with E-state index in [4.69, 9.17) is 0 Å². The quantitative estimate of drug-likeness (QED) is 0.157.